The molecule has 26 heavy (non-hydrogen) atoms. The van der Waals surface area contributed by atoms with E-state index in [9.17, 15) is 9.59 Å². The van der Waals surface area contributed by atoms with Crippen LogP contribution in [-0.4, -0.2) is 21.8 Å². The quantitative estimate of drug-likeness (QED) is 0.549. The van der Waals surface area contributed by atoms with Crippen molar-refractivity contribution in [1.82, 2.24) is 15.6 Å². The fraction of sp³-hybridized carbons (Fsp3) is 0.200. The van der Waals surface area contributed by atoms with Gasteiger partial charge in [-0.25, -0.2) is 10.5 Å². The van der Waals surface area contributed by atoms with Crippen LogP contribution in [0.1, 0.15) is 36.3 Å². The van der Waals surface area contributed by atoms with Crippen molar-refractivity contribution in [3.63, 3.8) is 0 Å². The van der Waals surface area contributed by atoms with Crippen LogP contribution in [0.2, 0.25) is 0 Å². The number of nitrogens with one attached hydrogen (secondary N) is 2. The molecule has 0 saturated heterocycles. The molecule has 1 amide bonds. The molecule has 0 aliphatic rings. The van der Waals surface area contributed by atoms with E-state index in [1.165, 1.54) is 0 Å². The minimum Gasteiger partial charge on any atom is -0.267 e. The monoisotopic (exact) mass is 348 g/mol. The van der Waals surface area contributed by atoms with Gasteiger partial charge in [0.1, 0.15) is 0 Å². The van der Waals surface area contributed by atoms with Gasteiger partial charge in [0.15, 0.2) is 5.69 Å². The van der Waals surface area contributed by atoms with Crippen LogP contribution in [0.15, 0.2) is 64.5 Å². The van der Waals surface area contributed by atoms with Crippen molar-refractivity contribution in [3.8, 4) is 0 Å². The predicted molar refractivity (Wildman–Crippen MR) is 102 cm³/mol. The summed E-state index contributed by atoms with van der Waals surface area (Å²) in [6.07, 6.45) is 0.726. The summed E-state index contributed by atoms with van der Waals surface area (Å²) < 4.78 is 0. The fourth-order valence-electron chi connectivity index (χ4n) is 2.70. The number of H-pyrrole nitrogens is 1. The molecular formula is C20H20N4O2. The summed E-state index contributed by atoms with van der Waals surface area (Å²) in [5.74, 6) is -0.0764. The highest BCUT2D eigenvalue weighted by Crippen LogP contribution is 2.13. The molecule has 1 heterocycles. The molecule has 6 nitrogen and oxygen atoms in total. The third-order valence-corrected chi connectivity index (χ3v) is 3.91. The lowest BCUT2D eigenvalue weighted by molar-refractivity contribution is 0.0950. The van der Waals surface area contributed by atoms with Crippen LogP contribution in [0.25, 0.3) is 10.8 Å². The molecule has 0 unspecified atom stereocenters. The molecule has 0 spiro atoms. The average Bonchev–Trinajstić information content (AvgIpc) is 2.66. The van der Waals surface area contributed by atoms with Gasteiger partial charge in [0.25, 0.3) is 11.5 Å². The number of hydrogen-bond donors (Lipinski definition) is 2. The summed E-state index contributed by atoms with van der Waals surface area (Å²) in [6, 6.07) is 16.6. The lowest BCUT2D eigenvalue weighted by Crippen LogP contribution is -2.24. The second kappa shape index (κ2) is 7.74. The van der Waals surface area contributed by atoms with Gasteiger partial charge in [0.2, 0.25) is 0 Å². The number of nitrogens with zero attached hydrogens (tertiary/aromatic N) is 2. The Morgan fingerprint density at radius 2 is 1.73 bits per heavy atom. The number of carbonyl (C=O) groups excluding carboxylic acids is 1. The van der Waals surface area contributed by atoms with Gasteiger partial charge in [-0.15, -0.1) is 0 Å². The topological polar surface area (TPSA) is 87.2 Å². The Morgan fingerprint density at radius 3 is 2.42 bits per heavy atom. The molecule has 132 valence electrons. The lowest BCUT2D eigenvalue weighted by atomic mass is 10.0. The number of aromatic amines is 1. The van der Waals surface area contributed by atoms with Gasteiger partial charge in [-0.3, -0.25) is 9.59 Å². The predicted octanol–water partition coefficient (Wildman–Crippen LogP) is 3.10. The van der Waals surface area contributed by atoms with Crippen LogP contribution in [0, 0.1) is 5.92 Å². The Hall–Kier alpha value is -3.28. The van der Waals surface area contributed by atoms with E-state index in [4.69, 9.17) is 0 Å². The lowest BCUT2D eigenvalue weighted by Gasteiger charge is -2.10. The number of fused-ring (bicyclic) bond motifs is 1. The third-order valence-electron chi connectivity index (χ3n) is 3.91. The van der Waals surface area contributed by atoms with Gasteiger partial charge >= 0.3 is 0 Å². The van der Waals surface area contributed by atoms with Crippen molar-refractivity contribution in [2.45, 2.75) is 20.3 Å². The van der Waals surface area contributed by atoms with Crippen molar-refractivity contribution >= 4 is 22.4 Å². The van der Waals surface area contributed by atoms with Crippen molar-refractivity contribution in [2.24, 2.45) is 11.0 Å². The first kappa shape index (κ1) is 17.5. The van der Waals surface area contributed by atoms with Gasteiger partial charge in [-0.1, -0.05) is 62.4 Å². The SMILES string of the molecule is CC(C)C/C(=N/NC(=O)c1n[nH]c(=O)c2ccccc12)c1ccccc1. The van der Waals surface area contributed by atoms with E-state index in [1.54, 1.807) is 24.3 Å². The van der Waals surface area contributed by atoms with E-state index in [-0.39, 0.29) is 11.3 Å². The highest BCUT2D eigenvalue weighted by atomic mass is 16.2. The van der Waals surface area contributed by atoms with E-state index in [1.807, 2.05) is 30.3 Å². The second-order valence-electron chi connectivity index (χ2n) is 6.41. The van der Waals surface area contributed by atoms with Crippen LogP contribution in [0.3, 0.4) is 0 Å². The molecule has 0 aliphatic carbocycles. The smallest absolute Gasteiger partial charge is 0.267 e. The maximum atomic E-state index is 12.6. The average molecular weight is 348 g/mol. The van der Waals surface area contributed by atoms with Gasteiger partial charge in [-0.2, -0.15) is 10.2 Å². The molecule has 0 saturated carbocycles. The highest BCUT2D eigenvalue weighted by molar-refractivity contribution is 6.06. The number of hydrogen-bond acceptors (Lipinski definition) is 4. The molecule has 0 radical (unpaired) electrons. The Bertz CT molecular complexity index is 1010. The molecule has 2 N–H and O–H groups in total. The minimum absolute atomic E-state index is 0.140. The Balaban J connectivity index is 1.92. The number of amides is 1. The number of benzene rings is 2. The van der Waals surface area contributed by atoms with Crippen LogP contribution in [0.4, 0.5) is 0 Å². The van der Waals surface area contributed by atoms with Crippen molar-refractivity contribution in [3.05, 3.63) is 76.2 Å². The minimum atomic E-state index is -0.463. The Labute approximate surface area is 151 Å². The summed E-state index contributed by atoms with van der Waals surface area (Å²) in [5.41, 5.74) is 4.14. The zero-order valence-electron chi connectivity index (χ0n) is 14.7. The van der Waals surface area contributed by atoms with Crippen LogP contribution in [0.5, 0.6) is 0 Å². The van der Waals surface area contributed by atoms with Gasteiger partial charge < -0.3 is 0 Å². The zero-order chi connectivity index (χ0) is 18.5. The summed E-state index contributed by atoms with van der Waals surface area (Å²) in [7, 11) is 0. The summed E-state index contributed by atoms with van der Waals surface area (Å²) in [4.78, 5) is 24.4. The summed E-state index contributed by atoms with van der Waals surface area (Å²) in [6.45, 7) is 4.19. The molecule has 2 aromatic carbocycles. The van der Waals surface area contributed by atoms with Crippen molar-refractivity contribution in [2.75, 3.05) is 0 Å². The number of rotatable bonds is 5. The maximum Gasteiger partial charge on any atom is 0.292 e. The largest absolute Gasteiger partial charge is 0.292 e. The van der Waals surface area contributed by atoms with Gasteiger partial charge in [0.05, 0.1) is 11.1 Å². The molecule has 6 heteroatoms. The van der Waals surface area contributed by atoms with E-state index in [0.717, 1.165) is 17.7 Å². The van der Waals surface area contributed by atoms with Crippen molar-refractivity contribution < 1.29 is 4.79 Å². The zero-order valence-corrected chi connectivity index (χ0v) is 14.7. The van der Waals surface area contributed by atoms with Gasteiger partial charge in [-0.05, 0) is 24.0 Å². The molecule has 0 bridgehead atoms. The molecule has 3 rings (SSSR count). The summed E-state index contributed by atoms with van der Waals surface area (Å²) >= 11 is 0. The Kier molecular flexibility index (Phi) is 5.22. The van der Waals surface area contributed by atoms with E-state index in [0.29, 0.717) is 16.7 Å². The molecule has 1 aromatic heterocycles. The van der Waals surface area contributed by atoms with Crippen LogP contribution in [-0.2, 0) is 0 Å². The molecule has 0 aliphatic heterocycles. The molecule has 3 aromatic rings. The number of hydrazone groups is 1. The first-order valence-corrected chi connectivity index (χ1v) is 8.46. The van der Waals surface area contributed by atoms with Crippen LogP contribution >= 0.6 is 0 Å². The van der Waals surface area contributed by atoms with E-state index >= 15 is 0 Å². The number of carbonyl (C=O) groups is 1. The highest BCUT2D eigenvalue weighted by Gasteiger charge is 2.14. The third kappa shape index (κ3) is 3.85. The maximum absolute atomic E-state index is 12.6. The fourth-order valence-corrected chi connectivity index (χ4v) is 2.70. The van der Waals surface area contributed by atoms with Crippen molar-refractivity contribution in [1.29, 1.82) is 0 Å². The Morgan fingerprint density at radius 1 is 1.08 bits per heavy atom. The second-order valence-corrected chi connectivity index (χ2v) is 6.41. The first-order chi connectivity index (χ1) is 12.6. The number of aromatic nitrogens is 2. The summed E-state index contributed by atoms with van der Waals surface area (Å²) in [5, 5.41) is 11.5. The van der Waals surface area contributed by atoms with E-state index < -0.39 is 5.91 Å². The molecular weight excluding hydrogens is 328 g/mol. The molecule has 0 atom stereocenters. The first-order valence-electron chi connectivity index (χ1n) is 8.46. The van der Waals surface area contributed by atoms with Crippen LogP contribution < -0.4 is 11.0 Å². The normalized spacial score (nSPS) is 11.7. The standard InChI is InChI=1S/C20H20N4O2/c1-13(2)12-17(14-8-4-3-5-9-14)21-24-20(26)18-15-10-6-7-11-16(15)19(25)23-22-18/h3-11,13H,12H2,1-2H3,(H,23,25)(H,24,26)/b21-17-. The van der Waals surface area contributed by atoms with E-state index in [2.05, 4.69) is 34.6 Å². The van der Waals surface area contributed by atoms with Gasteiger partial charge in [0, 0.05) is 5.39 Å². The molecule has 0 fully saturated rings.